The topological polar surface area (TPSA) is 55.1 Å². The minimum Gasteiger partial charge on any atom is -0.352 e. The number of carbonyl (C=O) groups excluding carboxylic acids is 1. The first-order chi connectivity index (χ1) is 9.11. The number of benzene rings is 1. The van der Waals surface area contributed by atoms with Gasteiger partial charge in [-0.05, 0) is 30.0 Å². The third-order valence-corrected chi connectivity index (χ3v) is 2.73. The predicted octanol–water partition coefficient (Wildman–Crippen LogP) is 2.05. The summed E-state index contributed by atoms with van der Waals surface area (Å²) in [5.41, 5.74) is 7.34. The molecule has 0 aliphatic carbocycles. The van der Waals surface area contributed by atoms with E-state index in [1.54, 1.807) is 0 Å². The van der Waals surface area contributed by atoms with Crippen LogP contribution in [0, 0.1) is 17.8 Å². The molecule has 1 aromatic rings. The lowest BCUT2D eigenvalue weighted by atomic mass is 10.1. The number of hydrogen-bond donors (Lipinski definition) is 2. The molecule has 1 rings (SSSR count). The molecule has 0 unspecified atom stereocenters. The van der Waals surface area contributed by atoms with Crippen molar-refractivity contribution in [3.05, 3.63) is 35.4 Å². The second-order valence-electron chi connectivity index (χ2n) is 4.91. The fourth-order valence-corrected chi connectivity index (χ4v) is 1.57. The van der Waals surface area contributed by atoms with Crippen molar-refractivity contribution < 1.29 is 4.79 Å². The number of hydrogen-bond acceptors (Lipinski definition) is 2. The highest BCUT2D eigenvalue weighted by Gasteiger charge is 2.03. The number of nitrogens with two attached hydrogens (primary N) is 1. The molecule has 3 heteroatoms. The van der Waals surface area contributed by atoms with Gasteiger partial charge in [-0.15, -0.1) is 0 Å². The standard InChI is InChI=1S/C16H22N2O/c1-13(2)5-10-16(19)18-12-15-8-6-14(7-9-15)4-3-11-17/h6-9,13H,5,10-12,17H2,1-2H3,(H,18,19). The first-order valence-electron chi connectivity index (χ1n) is 6.66. The van der Waals surface area contributed by atoms with E-state index in [4.69, 9.17) is 5.73 Å². The quantitative estimate of drug-likeness (QED) is 0.794. The largest absolute Gasteiger partial charge is 0.352 e. The van der Waals surface area contributed by atoms with E-state index >= 15 is 0 Å². The molecule has 0 aliphatic heterocycles. The summed E-state index contributed by atoms with van der Waals surface area (Å²) in [5.74, 6) is 6.45. The Morgan fingerprint density at radius 1 is 1.32 bits per heavy atom. The van der Waals surface area contributed by atoms with Crippen molar-refractivity contribution in [1.82, 2.24) is 5.32 Å². The van der Waals surface area contributed by atoms with Crippen LogP contribution in [-0.4, -0.2) is 12.5 Å². The molecular formula is C16H22N2O. The Bertz CT molecular complexity index is 452. The summed E-state index contributed by atoms with van der Waals surface area (Å²) in [4.78, 5) is 11.6. The Morgan fingerprint density at radius 3 is 2.58 bits per heavy atom. The Morgan fingerprint density at radius 2 is 2.00 bits per heavy atom. The van der Waals surface area contributed by atoms with Crippen LogP contribution < -0.4 is 11.1 Å². The zero-order valence-corrected chi connectivity index (χ0v) is 11.7. The van der Waals surface area contributed by atoms with Crippen molar-refractivity contribution in [2.75, 3.05) is 6.54 Å². The molecule has 1 amide bonds. The monoisotopic (exact) mass is 258 g/mol. The van der Waals surface area contributed by atoms with Gasteiger partial charge in [0.15, 0.2) is 0 Å². The zero-order valence-electron chi connectivity index (χ0n) is 11.7. The van der Waals surface area contributed by atoms with Crippen LogP contribution in [0.1, 0.15) is 37.8 Å². The summed E-state index contributed by atoms with van der Waals surface area (Å²) < 4.78 is 0. The number of rotatable bonds is 5. The van der Waals surface area contributed by atoms with Crippen molar-refractivity contribution in [3.8, 4) is 11.8 Å². The highest BCUT2D eigenvalue weighted by atomic mass is 16.1. The van der Waals surface area contributed by atoms with Gasteiger partial charge in [0.2, 0.25) is 5.91 Å². The molecule has 102 valence electrons. The second kappa shape index (κ2) is 8.34. The summed E-state index contributed by atoms with van der Waals surface area (Å²) >= 11 is 0. The van der Waals surface area contributed by atoms with Crippen molar-refractivity contribution in [2.45, 2.75) is 33.2 Å². The smallest absolute Gasteiger partial charge is 0.220 e. The molecule has 0 bridgehead atoms. The van der Waals surface area contributed by atoms with Crippen molar-refractivity contribution in [2.24, 2.45) is 11.7 Å². The number of carbonyl (C=O) groups is 1. The van der Waals surface area contributed by atoms with Crippen LogP contribution in [0.2, 0.25) is 0 Å². The average molecular weight is 258 g/mol. The predicted molar refractivity (Wildman–Crippen MR) is 78.3 cm³/mol. The van der Waals surface area contributed by atoms with Gasteiger partial charge in [-0.2, -0.15) is 0 Å². The molecule has 0 atom stereocenters. The molecule has 0 saturated heterocycles. The lowest BCUT2D eigenvalue weighted by Crippen LogP contribution is -2.22. The van der Waals surface area contributed by atoms with Gasteiger partial charge in [0.1, 0.15) is 0 Å². The highest BCUT2D eigenvalue weighted by molar-refractivity contribution is 5.75. The van der Waals surface area contributed by atoms with Gasteiger partial charge < -0.3 is 11.1 Å². The van der Waals surface area contributed by atoms with Gasteiger partial charge in [0, 0.05) is 18.5 Å². The molecule has 0 spiro atoms. The number of amides is 1. The molecule has 0 aliphatic rings. The number of nitrogens with one attached hydrogen (secondary N) is 1. The van der Waals surface area contributed by atoms with Gasteiger partial charge >= 0.3 is 0 Å². The lowest BCUT2D eigenvalue weighted by Gasteiger charge is -2.07. The third kappa shape index (κ3) is 6.64. The Kier molecular flexibility index (Phi) is 6.70. The Hall–Kier alpha value is -1.79. The lowest BCUT2D eigenvalue weighted by molar-refractivity contribution is -0.121. The Labute approximate surface area is 115 Å². The fourth-order valence-electron chi connectivity index (χ4n) is 1.57. The van der Waals surface area contributed by atoms with Crippen molar-refractivity contribution in [3.63, 3.8) is 0 Å². The minimum atomic E-state index is 0.112. The summed E-state index contributed by atoms with van der Waals surface area (Å²) in [5, 5.41) is 2.92. The van der Waals surface area contributed by atoms with Gasteiger partial charge in [-0.1, -0.05) is 37.8 Å². The molecule has 1 aromatic carbocycles. The first-order valence-corrected chi connectivity index (χ1v) is 6.66. The van der Waals surface area contributed by atoms with Crippen LogP contribution in [0.3, 0.4) is 0 Å². The van der Waals surface area contributed by atoms with Crippen LogP contribution in [0.25, 0.3) is 0 Å². The van der Waals surface area contributed by atoms with Crippen LogP contribution in [0.5, 0.6) is 0 Å². The van der Waals surface area contributed by atoms with E-state index < -0.39 is 0 Å². The van der Waals surface area contributed by atoms with E-state index in [0.717, 1.165) is 17.5 Å². The molecule has 0 fully saturated rings. The van der Waals surface area contributed by atoms with Crippen molar-refractivity contribution >= 4 is 5.91 Å². The van der Waals surface area contributed by atoms with E-state index in [9.17, 15) is 4.79 Å². The molecule has 0 aromatic heterocycles. The summed E-state index contributed by atoms with van der Waals surface area (Å²) in [6, 6.07) is 7.84. The first kappa shape index (κ1) is 15.3. The van der Waals surface area contributed by atoms with Crippen LogP contribution >= 0.6 is 0 Å². The SMILES string of the molecule is CC(C)CCC(=O)NCc1ccc(C#CCN)cc1. The van der Waals surface area contributed by atoms with E-state index in [-0.39, 0.29) is 5.91 Å². The van der Waals surface area contributed by atoms with Gasteiger partial charge in [0.25, 0.3) is 0 Å². The van der Waals surface area contributed by atoms with Crippen LogP contribution in [-0.2, 0) is 11.3 Å². The maximum absolute atomic E-state index is 11.6. The average Bonchev–Trinajstić information content (AvgIpc) is 2.41. The fraction of sp³-hybridized carbons (Fsp3) is 0.438. The molecule has 0 saturated carbocycles. The van der Waals surface area contributed by atoms with E-state index in [1.807, 2.05) is 24.3 Å². The van der Waals surface area contributed by atoms with Gasteiger partial charge in [-0.3, -0.25) is 4.79 Å². The molecule has 3 N–H and O–H groups in total. The van der Waals surface area contributed by atoms with Crippen LogP contribution in [0.4, 0.5) is 0 Å². The minimum absolute atomic E-state index is 0.112. The van der Waals surface area contributed by atoms with Gasteiger partial charge in [-0.25, -0.2) is 0 Å². The second-order valence-corrected chi connectivity index (χ2v) is 4.91. The van der Waals surface area contributed by atoms with E-state index in [1.165, 1.54) is 0 Å². The highest BCUT2D eigenvalue weighted by Crippen LogP contribution is 2.05. The summed E-state index contributed by atoms with van der Waals surface area (Å²) in [7, 11) is 0. The van der Waals surface area contributed by atoms with Gasteiger partial charge in [0.05, 0.1) is 6.54 Å². The van der Waals surface area contributed by atoms with E-state index in [0.29, 0.717) is 25.4 Å². The normalized spacial score (nSPS) is 9.89. The molecular weight excluding hydrogens is 236 g/mol. The van der Waals surface area contributed by atoms with Crippen molar-refractivity contribution in [1.29, 1.82) is 0 Å². The Balaban J connectivity index is 2.39. The van der Waals surface area contributed by atoms with Crippen LogP contribution in [0.15, 0.2) is 24.3 Å². The third-order valence-electron chi connectivity index (χ3n) is 2.73. The zero-order chi connectivity index (χ0) is 14.1. The molecule has 19 heavy (non-hydrogen) atoms. The van der Waals surface area contributed by atoms with E-state index in [2.05, 4.69) is 31.0 Å². The maximum atomic E-state index is 11.6. The summed E-state index contributed by atoms with van der Waals surface area (Å²) in [6.45, 7) is 5.18. The molecule has 0 radical (unpaired) electrons. The summed E-state index contributed by atoms with van der Waals surface area (Å²) in [6.07, 6.45) is 1.52. The maximum Gasteiger partial charge on any atom is 0.220 e. The molecule has 3 nitrogen and oxygen atoms in total. The molecule has 0 heterocycles.